The Labute approximate surface area is 355 Å². The molecule has 0 radical (unpaired) electrons. The number of anilines is 1. The summed E-state index contributed by atoms with van der Waals surface area (Å²) in [6.07, 6.45) is -0.557. The molecule has 0 aromatic carbocycles. The van der Waals surface area contributed by atoms with Crippen LogP contribution in [-0.2, 0) is 50.7 Å². The lowest BCUT2D eigenvalue weighted by Gasteiger charge is -2.30. The summed E-state index contributed by atoms with van der Waals surface area (Å²) in [7, 11) is -16.4. The average molecular weight is 952 g/mol. The van der Waals surface area contributed by atoms with E-state index < -0.39 is 84.6 Å². The molecule has 3 heterocycles. The number of aliphatic hydroxyl groups is 3. The SMILES string of the molecule is CCC(O)CCCCCCCC(=O)SCCNC(=O)CCNC(=O)C(O)C(C)(C)COP(=O)(O)OP(=O)(O)OCC1OC(n2cnc3c(N)ncnc32)C(O)C1OP(=O)(O)O. The number of rotatable bonds is 28. The molecule has 8 unspecified atom stereocenters. The molecule has 3 rings (SSSR count). The fourth-order valence-corrected chi connectivity index (χ4v) is 9.30. The molecule has 0 bridgehead atoms. The van der Waals surface area contributed by atoms with E-state index in [1.165, 1.54) is 13.8 Å². The van der Waals surface area contributed by atoms with Gasteiger partial charge >= 0.3 is 23.5 Å². The van der Waals surface area contributed by atoms with Gasteiger partial charge in [0.25, 0.3) is 0 Å². The molecule has 1 saturated heterocycles. The van der Waals surface area contributed by atoms with Crippen LogP contribution in [0.1, 0.15) is 84.8 Å². The van der Waals surface area contributed by atoms with Gasteiger partial charge in [0.1, 0.15) is 36.3 Å². The number of nitrogens with zero attached hydrogens (tertiary/aromatic N) is 4. The molecule has 61 heavy (non-hydrogen) atoms. The normalized spacial score (nSPS) is 21.4. The van der Waals surface area contributed by atoms with Crippen LogP contribution >= 0.6 is 35.2 Å². The van der Waals surface area contributed by atoms with Crippen molar-refractivity contribution >= 4 is 69.1 Å². The number of nitrogen functional groups attached to an aromatic ring is 1. The highest BCUT2D eigenvalue weighted by Crippen LogP contribution is 2.61. The highest BCUT2D eigenvalue weighted by Gasteiger charge is 2.50. The summed E-state index contributed by atoms with van der Waals surface area (Å²) in [5.41, 5.74) is 4.26. The van der Waals surface area contributed by atoms with Crippen molar-refractivity contribution in [3.8, 4) is 0 Å². The Hall–Kier alpha value is -2.48. The van der Waals surface area contributed by atoms with Gasteiger partial charge in [-0.05, 0) is 19.3 Å². The molecule has 0 saturated carbocycles. The van der Waals surface area contributed by atoms with Crippen LogP contribution in [0, 0.1) is 5.41 Å². The third kappa shape index (κ3) is 17.9. The number of aromatic nitrogens is 4. The first-order chi connectivity index (χ1) is 28.4. The zero-order valence-corrected chi connectivity index (χ0v) is 37.3. The van der Waals surface area contributed by atoms with Crippen molar-refractivity contribution in [1.29, 1.82) is 0 Å². The zero-order valence-electron chi connectivity index (χ0n) is 33.8. The minimum absolute atomic E-state index is 0.0209. The average Bonchev–Trinajstić information content (AvgIpc) is 3.73. The summed E-state index contributed by atoms with van der Waals surface area (Å²) in [5.74, 6) is -1.09. The molecule has 25 nitrogen and oxygen atoms in total. The Morgan fingerprint density at radius 3 is 2.33 bits per heavy atom. The van der Waals surface area contributed by atoms with Crippen LogP contribution in [0.4, 0.5) is 5.82 Å². The summed E-state index contributed by atoms with van der Waals surface area (Å²) in [5, 5.41) is 36.1. The fraction of sp³-hybridized carbons (Fsp3) is 0.750. The van der Waals surface area contributed by atoms with Gasteiger partial charge in [-0.15, -0.1) is 0 Å². The first kappa shape index (κ1) is 52.9. The van der Waals surface area contributed by atoms with E-state index in [0.717, 1.165) is 73.9 Å². The van der Waals surface area contributed by atoms with Gasteiger partial charge in [-0.3, -0.25) is 32.5 Å². The quantitative estimate of drug-likeness (QED) is 0.0422. The number of imidazole rings is 1. The summed E-state index contributed by atoms with van der Waals surface area (Å²) in [6.45, 7) is 2.44. The van der Waals surface area contributed by atoms with Crippen LogP contribution < -0.4 is 16.4 Å². The standard InChI is InChI=1S/C32H56N7O18P3S/c1-4-20(40)10-8-6-5-7-9-11-23(42)61-15-14-34-22(41)12-13-35-30(45)27(44)32(2,3)17-54-60(51,52)57-59(49,50)53-16-21-26(56-58(46,47)48)25(43)31(55-21)39-19-38-24-28(33)36-18-37-29(24)39/h18-21,25-27,31,40,43-44H,4-17H2,1-3H3,(H,34,41)(H,35,45)(H,49,50)(H,51,52)(H2,33,36,37)(H2,46,47,48). The molecular weight excluding hydrogens is 895 g/mol. The highest BCUT2D eigenvalue weighted by molar-refractivity contribution is 8.13. The Bertz CT molecular complexity index is 1910. The number of phosphoric acid groups is 3. The third-order valence-corrected chi connectivity index (χ3v) is 13.2. The number of carbonyl (C=O) groups excluding carboxylic acids is 3. The number of ether oxygens (including phenoxy) is 1. The van der Waals surface area contributed by atoms with Crippen molar-refractivity contribution in [3.63, 3.8) is 0 Å². The highest BCUT2D eigenvalue weighted by atomic mass is 32.2. The maximum absolute atomic E-state index is 12.7. The number of nitrogens with two attached hydrogens (primary N) is 1. The number of unbranched alkanes of at least 4 members (excludes halogenated alkanes) is 4. The number of fused-ring (bicyclic) bond motifs is 1. The fourth-order valence-electron chi connectivity index (χ4n) is 5.75. The van der Waals surface area contributed by atoms with E-state index >= 15 is 0 Å². The van der Waals surface area contributed by atoms with Crippen molar-refractivity contribution in [3.05, 3.63) is 12.7 Å². The smallest absolute Gasteiger partial charge is 0.393 e. The number of hydrogen-bond donors (Lipinski definition) is 10. The number of amides is 2. The maximum atomic E-state index is 12.7. The molecule has 1 fully saturated rings. The maximum Gasteiger partial charge on any atom is 0.481 e. The minimum atomic E-state index is -5.58. The third-order valence-electron chi connectivity index (χ3n) is 9.15. The van der Waals surface area contributed by atoms with E-state index in [2.05, 4.69) is 34.4 Å². The van der Waals surface area contributed by atoms with Crippen molar-refractivity contribution in [1.82, 2.24) is 30.2 Å². The number of phosphoric ester groups is 3. The summed E-state index contributed by atoms with van der Waals surface area (Å²) in [6, 6.07) is 0. The van der Waals surface area contributed by atoms with Gasteiger partial charge < -0.3 is 56.0 Å². The van der Waals surface area contributed by atoms with Crippen molar-refractivity contribution < 1.29 is 85.6 Å². The number of hydrogen-bond acceptors (Lipinski definition) is 19. The Morgan fingerprint density at radius 2 is 1.64 bits per heavy atom. The van der Waals surface area contributed by atoms with Gasteiger partial charge in [-0.1, -0.05) is 58.2 Å². The van der Waals surface area contributed by atoms with Crippen LogP contribution in [0.15, 0.2) is 12.7 Å². The van der Waals surface area contributed by atoms with Crippen LogP contribution in [0.25, 0.3) is 11.2 Å². The van der Waals surface area contributed by atoms with E-state index in [4.69, 9.17) is 19.5 Å². The van der Waals surface area contributed by atoms with E-state index in [1.807, 2.05) is 6.92 Å². The van der Waals surface area contributed by atoms with Gasteiger partial charge in [0.05, 0.1) is 25.6 Å². The topological polar surface area (TPSA) is 384 Å². The predicted molar refractivity (Wildman–Crippen MR) is 216 cm³/mol. The number of thioether (sulfide) groups is 1. The second-order valence-corrected chi connectivity index (χ2v) is 20.0. The Morgan fingerprint density at radius 1 is 0.967 bits per heavy atom. The largest absolute Gasteiger partial charge is 0.481 e. The lowest BCUT2D eigenvalue weighted by molar-refractivity contribution is -0.137. The first-order valence-corrected chi connectivity index (χ1v) is 24.7. The van der Waals surface area contributed by atoms with Crippen LogP contribution in [-0.4, -0.2) is 134 Å². The zero-order chi connectivity index (χ0) is 45.6. The lowest BCUT2D eigenvalue weighted by Crippen LogP contribution is -2.46. The minimum Gasteiger partial charge on any atom is -0.393 e. The summed E-state index contributed by atoms with van der Waals surface area (Å²) >= 11 is 1.11. The monoisotopic (exact) mass is 951 g/mol. The molecule has 2 amide bonds. The molecule has 8 atom stereocenters. The van der Waals surface area contributed by atoms with Gasteiger partial charge in [0, 0.05) is 37.1 Å². The van der Waals surface area contributed by atoms with Gasteiger partial charge in [-0.2, -0.15) is 4.31 Å². The molecule has 1 aliphatic heterocycles. The van der Waals surface area contributed by atoms with E-state index in [9.17, 15) is 63.0 Å². The van der Waals surface area contributed by atoms with E-state index in [-0.39, 0.29) is 47.7 Å². The molecule has 2 aromatic heterocycles. The second-order valence-electron chi connectivity index (χ2n) is 14.7. The van der Waals surface area contributed by atoms with Gasteiger partial charge in [0.15, 0.2) is 22.8 Å². The van der Waals surface area contributed by atoms with E-state index in [0.29, 0.717) is 12.2 Å². The van der Waals surface area contributed by atoms with Crippen molar-refractivity contribution in [2.75, 3.05) is 37.8 Å². The molecule has 0 aliphatic carbocycles. The predicted octanol–water partition coefficient (Wildman–Crippen LogP) is 1.17. The van der Waals surface area contributed by atoms with Gasteiger partial charge in [0.2, 0.25) is 11.8 Å². The van der Waals surface area contributed by atoms with Crippen LogP contribution in [0.2, 0.25) is 0 Å². The molecule has 348 valence electrons. The molecule has 29 heteroatoms. The van der Waals surface area contributed by atoms with Crippen LogP contribution in [0.5, 0.6) is 0 Å². The van der Waals surface area contributed by atoms with Crippen molar-refractivity contribution in [2.45, 2.75) is 115 Å². The molecule has 1 aliphatic rings. The van der Waals surface area contributed by atoms with Gasteiger partial charge in [-0.25, -0.2) is 28.6 Å². The molecule has 0 spiro atoms. The van der Waals surface area contributed by atoms with Crippen molar-refractivity contribution in [2.24, 2.45) is 5.41 Å². The molecular formula is C32H56N7O18P3S. The summed E-state index contributed by atoms with van der Waals surface area (Å²) in [4.78, 5) is 87.9. The Balaban J connectivity index is 1.39. The number of aliphatic hydroxyl groups excluding tert-OH is 3. The molecule has 11 N–H and O–H groups in total. The second kappa shape index (κ2) is 24.0. The number of nitrogens with one attached hydrogen (secondary N) is 2. The Kier molecular flexibility index (Phi) is 20.8. The first-order valence-electron chi connectivity index (χ1n) is 19.2. The van der Waals surface area contributed by atoms with Crippen LogP contribution in [0.3, 0.4) is 0 Å². The lowest BCUT2D eigenvalue weighted by atomic mass is 9.87. The molecule has 2 aromatic rings. The van der Waals surface area contributed by atoms with E-state index in [1.54, 1.807) is 0 Å². The summed E-state index contributed by atoms with van der Waals surface area (Å²) < 4.78 is 62.2. The number of carbonyl (C=O) groups is 3.